The third-order valence-corrected chi connectivity index (χ3v) is 5.95. The number of hydrogen-bond acceptors (Lipinski definition) is 3. The summed E-state index contributed by atoms with van der Waals surface area (Å²) in [5.41, 5.74) is 0. The lowest BCUT2D eigenvalue weighted by molar-refractivity contribution is 0.265. The molecule has 0 saturated carbocycles. The van der Waals surface area contributed by atoms with Crippen molar-refractivity contribution in [2.24, 2.45) is 0 Å². The summed E-state index contributed by atoms with van der Waals surface area (Å²) in [7, 11) is -3.30. The van der Waals surface area contributed by atoms with Crippen LogP contribution < -0.4 is 4.72 Å². The third-order valence-electron chi connectivity index (χ3n) is 3.29. The van der Waals surface area contributed by atoms with Gasteiger partial charge in [0.15, 0.2) is 0 Å². The molecule has 1 unspecified atom stereocenters. The maximum atomic E-state index is 12.1. The molecule has 1 atom stereocenters. The van der Waals surface area contributed by atoms with E-state index in [1.165, 1.54) is 4.88 Å². The summed E-state index contributed by atoms with van der Waals surface area (Å²) in [5.74, 6) is 0. The van der Waals surface area contributed by atoms with Gasteiger partial charge in [-0.25, -0.2) is 4.72 Å². The van der Waals surface area contributed by atoms with E-state index < -0.39 is 10.2 Å². The molecule has 1 aromatic rings. The fraction of sp³-hybridized carbons (Fsp3) is 0.667. The first-order chi connectivity index (χ1) is 8.59. The van der Waals surface area contributed by atoms with Crippen molar-refractivity contribution in [1.82, 2.24) is 9.03 Å². The van der Waals surface area contributed by atoms with Crippen molar-refractivity contribution in [2.75, 3.05) is 13.1 Å². The summed E-state index contributed by atoms with van der Waals surface area (Å²) in [6.07, 6.45) is 3.82. The van der Waals surface area contributed by atoms with Crippen LogP contribution in [0.15, 0.2) is 17.5 Å². The van der Waals surface area contributed by atoms with Crippen LogP contribution in [0.3, 0.4) is 0 Å². The van der Waals surface area contributed by atoms with Gasteiger partial charge in [-0.1, -0.05) is 12.5 Å². The maximum absolute atomic E-state index is 12.1. The van der Waals surface area contributed by atoms with Gasteiger partial charge in [-0.3, -0.25) is 0 Å². The highest BCUT2D eigenvalue weighted by Crippen LogP contribution is 2.19. The van der Waals surface area contributed by atoms with Gasteiger partial charge in [0.05, 0.1) is 0 Å². The Bertz CT molecular complexity index is 456. The van der Waals surface area contributed by atoms with Gasteiger partial charge in [0.25, 0.3) is 10.2 Å². The fourth-order valence-electron chi connectivity index (χ4n) is 2.27. The first kappa shape index (κ1) is 14.0. The molecule has 2 heterocycles. The summed E-state index contributed by atoms with van der Waals surface area (Å²) in [6, 6.07) is 4.14. The molecule has 1 aliphatic rings. The van der Waals surface area contributed by atoms with Crippen molar-refractivity contribution in [3.63, 3.8) is 0 Å². The molecule has 0 aliphatic carbocycles. The van der Waals surface area contributed by atoms with Crippen LogP contribution in [0, 0.1) is 0 Å². The van der Waals surface area contributed by atoms with E-state index in [-0.39, 0.29) is 6.04 Å². The first-order valence-corrected chi connectivity index (χ1v) is 8.70. The Morgan fingerprint density at radius 3 is 3.00 bits per heavy atom. The average molecular weight is 288 g/mol. The second-order valence-electron chi connectivity index (χ2n) is 4.68. The largest absolute Gasteiger partial charge is 0.279 e. The van der Waals surface area contributed by atoms with E-state index in [1.54, 1.807) is 15.6 Å². The van der Waals surface area contributed by atoms with Crippen LogP contribution in [0.1, 0.15) is 31.1 Å². The highest BCUT2D eigenvalue weighted by Gasteiger charge is 2.28. The second-order valence-corrected chi connectivity index (χ2v) is 7.42. The molecule has 6 heteroatoms. The highest BCUT2D eigenvalue weighted by molar-refractivity contribution is 7.87. The Balaban J connectivity index is 1.86. The smallest absolute Gasteiger partial charge is 0.202 e. The van der Waals surface area contributed by atoms with E-state index in [2.05, 4.69) is 4.72 Å². The topological polar surface area (TPSA) is 49.4 Å². The summed E-state index contributed by atoms with van der Waals surface area (Å²) in [5, 5.41) is 2.01. The van der Waals surface area contributed by atoms with E-state index in [0.29, 0.717) is 13.1 Å². The first-order valence-electron chi connectivity index (χ1n) is 6.38. The lowest BCUT2D eigenvalue weighted by atomic mass is 10.1. The van der Waals surface area contributed by atoms with Gasteiger partial charge >= 0.3 is 0 Å². The normalized spacial score (nSPS) is 22.2. The van der Waals surface area contributed by atoms with Gasteiger partial charge < -0.3 is 0 Å². The zero-order chi connectivity index (χ0) is 13.0. The van der Waals surface area contributed by atoms with E-state index >= 15 is 0 Å². The molecule has 102 valence electrons. The number of rotatable bonds is 5. The second kappa shape index (κ2) is 6.14. The van der Waals surface area contributed by atoms with Crippen molar-refractivity contribution >= 4 is 21.5 Å². The predicted molar refractivity (Wildman–Crippen MR) is 75.0 cm³/mol. The minimum absolute atomic E-state index is 0.123. The summed E-state index contributed by atoms with van der Waals surface area (Å²) < 4.78 is 28.6. The van der Waals surface area contributed by atoms with Crippen LogP contribution in [0.4, 0.5) is 0 Å². The molecule has 4 nitrogen and oxygen atoms in total. The number of hydrogen-bond donors (Lipinski definition) is 1. The summed E-state index contributed by atoms with van der Waals surface area (Å²) in [4.78, 5) is 1.21. The van der Waals surface area contributed by atoms with E-state index in [1.807, 2.05) is 24.4 Å². The van der Waals surface area contributed by atoms with Crippen molar-refractivity contribution in [3.8, 4) is 0 Å². The van der Waals surface area contributed by atoms with Gasteiger partial charge in [-0.15, -0.1) is 11.3 Å². The molecule has 0 aromatic carbocycles. The Morgan fingerprint density at radius 2 is 2.33 bits per heavy atom. The molecule has 0 amide bonds. The van der Waals surface area contributed by atoms with Crippen LogP contribution in [-0.4, -0.2) is 31.9 Å². The molecular weight excluding hydrogens is 268 g/mol. The predicted octanol–water partition coefficient (Wildman–Crippen LogP) is 2.00. The Labute approximate surface area is 113 Å². The average Bonchev–Trinajstić information content (AvgIpc) is 2.82. The molecule has 1 aliphatic heterocycles. The zero-order valence-electron chi connectivity index (χ0n) is 10.6. The third kappa shape index (κ3) is 3.54. The Kier molecular flexibility index (Phi) is 4.77. The minimum Gasteiger partial charge on any atom is -0.202 e. The van der Waals surface area contributed by atoms with E-state index in [0.717, 1.165) is 25.7 Å². The van der Waals surface area contributed by atoms with E-state index in [9.17, 15) is 8.42 Å². The summed E-state index contributed by atoms with van der Waals surface area (Å²) >= 11 is 1.66. The quantitative estimate of drug-likeness (QED) is 0.901. The SMILES string of the molecule is CC1CCCCN1S(=O)(=O)NCCc1cccs1. The highest BCUT2D eigenvalue weighted by atomic mass is 32.2. The van der Waals surface area contributed by atoms with Crippen LogP contribution in [0.25, 0.3) is 0 Å². The van der Waals surface area contributed by atoms with Crippen molar-refractivity contribution in [3.05, 3.63) is 22.4 Å². The summed E-state index contributed by atoms with van der Waals surface area (Å²) in [6.45, 7) is 3.11. The van der Waals surface area contributed by atoms with Crippen molar-refractivity contribution in [1.29, 1.82) is 0 Å². The number of piperidine rings is 1. The Morgan fingerprint density at radius 1 is 1.50 bits per heavy atom. The molecule has 1 aromatic heterocycles. The molecule has 0 radical (unpaired) electrons. The van der Waals surface area contributed by atoms with Crippen LogP contribution in [-0.2, 0) is 16.6 Å². The van der Waals surface area contributed by atoms with Gasteiger partial charge in [0, 0.05) is 24.0 Å². The van der Waals surface area contributed by atoms with Gasteiger partial charge in [0.2, 0.25) is 0 Å². The van der Waals surface area contributed by atoms with E-state index in [4.69, 9.17) is 0 Å². The van der Waals surface area contributed by atoms with Crippen molar-refractivity contribution in [2.45, 2.75) is 38.6 Å². The maximum Gasteiger partial charge on any atom is 0.279 e. The molecule has 2 rings (SSSR count). The number of nitrogens with zero attached hydrogens (tertiary/aromatic N) is 1. The standard InChI is InChI=1S/C12H20N2O2S2/c1-11-5-2-3-9-14(11)18(15,16)13-8-7-12-6-4-10-17-12/h4,6,10-11,13H,2-3,5,7-9H2,1H3. The molecule has 0 bridgehead atoms. The van der Waals surface area contributed by atoms with Crippen LogP contribution in [0.5, 0.6) is 0 Å². The number of nitrogens with one attached hydrogen (secondary N) is 1. The van der Waals surface area contributed by atoms with Crippen molar-refractivity contribution < 1.29 is 8.42 Å². The lowest BCUT2D eigenvalue weighted by Crippen LogP contribution is -2.48. The number of thiophene rings is 1. The molecule has 18 heavy (non-hydrogen) atoms. The monoisotopic (exact) mass is 288 g/mol. The zero-order valence-corrected chi connectivity index (χ0v) is 12.3. The molecule has 1 saturated heterocycles. The van der Waals surface area contributed by atoms with Crippen LogP contribution in [0.2, 0.25) is 0 Å². The molecule has 1 N–H and O–H groups in total. The Hall–Kier alpha value is -0.430. The minimum atomic E-state index is -3.30. The van der Waals surface area contributed by atoms with Crippen LogP contribution >= 0.6 is 11.3 Å². The molecule has 1 fully saturated rings. The van der Waals surface area contributed by atoms with Gasteiger partial charge in [-0.2, -0.15) is 12.7 Å². The molecule has 0 spiro atoms. The lowest BCUT2D eigenvalue weighted by Gasteiger charge is -2.32. The van der Waals surface area contributed by atoms with Gasteiger partial charge in [-0.05, 0) is 37.6 Å². The molecular formula is C12H20N2O2S2. The van der Waals surface area contributed by atoms with Gasteiger partial charge in [0.1, 0.15) is 0 Å². The fourth-order valence-corrected chi connectivity index (χ4v) is 4.45.